The van der Waals surface area contributed by atoms with Gasteiger partial charge in [0.05, 0.1) is 34.4 Å². The third-order valence-corrected chi connectivity index (χ3v) is 7.14. The average molecular weight is 513 g/mol. The van der Waals surface area contributed by atoms with E-state index >= 15 is 0 Å². The quantitative estimate of drug-likeness (QED) is 0.326. The lowest BCUT2D eigenvalue weighted by Gasteiger charge is -2.07. The van der Waals surface area contributed by atoms with Crippen LogP contribution in [0.3, 0.4) is 0 Å². The van der Waals surface area contributed by atoms with Crippen LogP contribution < -0.4 is 0 Å². The summed E-state index contributed by atoms with van der Waals surface area (Å²) < 4.78 is 37.7. The Balaban J connectivity index is 1.44. The van der Waals surface area contributed by atoms with Crippen LogP contribution in [0.5, 0.6) is 0 Å². The summed E-state index contributed by atoms with van der Waals surface area (Å²) in [6.07, 6.45) is 8.26. The molecule has 0 aliphatic rings. The maximum atomic E-state index is 14.5. The standard InChI is InChI=1S/C27H21FN6O2S/c1-37(35,36)8-6-16-9-18(11-19(28)10-16)21-14-30-15-25-20(21)12-24(31-25)27-26-23(33-34-27)5-4-22(32-26)17-3-2-7-29-13-17/h2-5,7,9-15,31H,6,8H2,1H3,(H,33,34). The van der Waals surface area contributed by atoms with Crippen molar-refractivity contribution in [3.8, 4) is 33.8 Å². The lowest BCUT2D eigenvalue weighted by Crippen LogP contribution is -2.06. The van der Waals surface area contributed by atoms with Crippen molar-refractivity contribution in [1.82, 2.24) is 30.1 Å². The summed E-state index contributed by atoms with van der Waals surface area (Å²) in [4.78, 5) is 16.7. The SMILES string of the molecule is CS(=O)(=O)CCc1cc(F)cc(-c2cncc3[nH]c(-c4n[nH]c5ccc(-c6cccnc6)nc45)cc23)c1. The number of nitrogens with one attached hydrogen (secondary N) is 2. The molecule has 6 aromatic rings. The number of aryl methyl sites for hydroxylation is 1. The molecule has 10 heteroatoms. The van der Waals surface area contributed by atoms with Gasteiger partial charge in [0, 0.05) is 41.4 Å². The molecule has 0 bridgehead atoms. The number of hydrogen-bond acceptors (Lipinski definition) is 6. The Kier molecular flexibility index (Phi) is 5.53. The van der Waals surface area contributed by atoms with Gasteiger partial charge < -0.3 is 4.98 Å². The zero-order valence-electron chi connectivity index (χ0n) is 19.7. The second-order valence-electron chi connectivity index (χ2n) is 8.97. The Hall–Kier alpha value is -4.44. The molecular weight excluding hydrogens is 491 g/mol. The van der Waals surface area contributed by atoms with Crippen LogP contribution in [0.4, 0.5) is 4.39 Å². The van der Waals surface area contributed by atoms with Crippen LogP contribution in [0.25, 0.3) is 55.7 Å². The molecule has 0 unspecified atom stereocenters. The zero-order chi connectivity index (χ0) is 25.6. The number of sulfone groups is 1. The first-order chi connectivity index (χ1) is 17.8. The van der Waals surface area contributed by atoms with E-state index in [4.69, 9.17) is 4.98 Å². The van der Waals surface area contributed by atoms with Crippen LogP contribution in [0.1, 0.15) is 5.56 Å². The fraction of sp³-hybridized carbons (Fsp3) is 0.111. The summed E-state index contributed by atoms with van der Waals surface area (Å²) in [7, 11) is -3.17. The minimum Gasteiger partial charge on any atom is -0.352 e. The van der Waals surface area contributed by atoms with Crippen molar-refractivity contribution in [2.45, 2.75) is 6.42 Å². The molecule has 0 atom stereocenters. The predicted octanol–water partition coefficient (Wildman–Crippen LogP) is 4.96. The van der Waals surface area contributed by atoms with E-state index in [2.05, 4.69) is 25.1 Å². The largest absolute Gasteiger partial charge is 0.352 e. The molecule has 0 fully saturated rings. The van der Waals surface area contributed by atoms with E-state index in [0.717, 1.165) is 38.9 Å². The number of aromatic amines is 2. The molecular formula is C27H21FN6O2S. The molecule has 1 aromatic carbocycles. The molecule has 0 aliphatic heterocycles. The Morgan fingerprint density at radius 1 is 0.946 bits per heavy atom. The van der Waals surface area contributed by atoms with Crippen molar-refractivity contribution >= 4 is 31.8 Å². The molecule has 37 heavy (non-hydrogen) atoms. The van der Waals surface area contributed by atoms with E-state index in [0.29, 0.717) is 22.3 Å². The monoisotopic (exact) mass is 512 g/mol. The Morgan fingerprint density at radius 2 is 1.84 bits per heavy atom. The lowest BCUT2D eigenvalue weighted by molar-refractivity contribution is 0.600. The summed E-state index contributed by atoms with van der Waals surface area (Å²) in [6, 6.07) is 14.2. The van der Waals surface area contributed by atoms with E-state index in [1.54, 1.807) is 24.8 Å². The van der Waals surface area contributed by atoms with E-state index in [1.165, 1.54) is 18.4 Å². The molecule has 5 heterocycles. The molecule has 0 radical (unpaired) electrons. The molecule has 0 saturated heterocycles. The van der Waals surface area contributed by atoms with E-state index in [9.17, 15) is 12.8 Å². The maximum absolute atomic E-state index is 14.5. The van der Waals surface area contributed by atoms with Crippen LogP contribution in [0.2, 0.25) is 0 Å². The van der Waals surface area contributed by atoms with E-state index in [-0.39, 0.29) is 12.2 Å². The summed E-state index contributed by atoms with van der Waals surface area (Å²) in [5, 5.41) is 8.37. The number of H-pyrrole nitrogens is 2. The van der Waals surface area contributed by atoms with Gasteiger partial charge in [-0.25, -0.2) is 17.8 Å². The van der Waals surface area contributed by atoms with Gasteiger partial charge in [0.1, 0.15) is 26.9 Å². The first-order valence-electron chi connectivity index (χ1n) is 11.5. The van der Waals surface area contributed by atoms with Gasteiger partial charge >= 0.3 is 0 Å². The van der Waals surface area contributed by atoms with Crippen molar-refractivity contribution in [3.63, 3.8) is 0 Å². The van der Waals surface area contributed by atoms with Gasteiger partial charge in [0.15, 0.2) is 0 Å². The molecule has 0 saturated carbocycles. The van der Waals surface area contributed by atoms with Gasteiger partial charge in [-0.05, 0) is 60.0 Å². The molecule has 5 aromatic heterocycles. The minimum absolute atomic E-state index is 0.0487. The number of aromatic nitrogens is 6. The Morgan fingerprint density at radius 3 is 2.65 bits per heavy atom. The fourth-order valence-electron chi connectivity index (χ4n) is 4.42. The van der Waals surface area contributed by atoms with Gasteiger partial charge in [-0.15, -0.1) is 0 Å². The third-order valence-electron chi connectivity index (χ3n) is 6.20. The highest BCUT2D eigenvalue weighted by Gasteiger charge is 2.16. The van der Waals surface area contributed by atoms with E-state index in [1.807, 2.05) is 36.4 Å². The third kappa shape index (κ3) is 4.58. The Bertz CT molecular complexity index is 1880. The van der Waals surface area contributed by atoms with Gasteiger partial charge in [0.25, 0.3) is 0 Å². The van der Waals surface area contributed by atoms with Gasteiger partial charge in [-0.1, -0.05) is 6.07 Å². The van der Waals surface area contributed by atoms with Crippen LogP contribution >= 0.6 is 0 Å². The van der Waals surface area contributed by atoms with Crippen molar-refractivity contribution < 1.29 is 12.8 Å². The molecule has 8 nitrogen and oxygen atoms in total. The normalized spacial score (nSPS) is 11.9. The predicted molar refractivity (Wildman–Crippen MR) is 141 cm³/mol. The molecule has 2 N–H and O–H groups in total. The van der Waals surface area contributed by atoms with Crippen LogP contribution in [-0.4, -0.2) is 50.6 Å². The van der Waals surface area contributed by atoms with E-state index < -0.39 is 15.7 Å². The number of nitrogens with zero attached hydrogens (tertiary/aromatic N) is 4. The van der Waals surface area contributed by atoms with Gasteiger partial charge in [-0.3, -0.25) is 15.1 Å². The van der Waals surface area contributed by atoms with Crippen LogP contribution in [0.15, 0.2) is 73.3 Å². The highest BCUT2D eigenvalue weighted by Crippen LogP contribution is 2.34. The number of pyridine rings is 3. The van der Waals surface area contributed by atoms with Gasteiger partial charge in [-0.2, -0.15) is 5.10 Å². The number of halogens is 1. The second kappa shape index (κ2) is 8.90. The molecule has 0 aliphatic carbocycles. The minimum atomic E-state index is -3.17. The molecule has 184 valence electrons. The van der Waals surface area contributed by atoms with Crippen LogP contribution in [0, 0.1) is 5.82 Å². The number of benzene rings is 1. The summed E-state index contributed by atoms with van der Waals surface area (Å²) in [5.74, 6) is -0.480. The van der Waals surface area contributed by atoms with Crippen molar-refractivity contribution in [1.29, 1.82) is 0 Å². The number of fused-ring (bicyclic) bond motifs is 2. The summed E-state index contributed by atoms with van der Waals surface area (Å²) in [6.45, 7) is 0. The summed E-state index contributed by atoms with van der Waals surface area (Å²) >= 11 is 0. The number of hydrogen-bond donors (Lipinski definition) is 2. The topological polar surface area (TPSA) is 117 Å². The highest BCUT2D eigenvalue weighted by molar-refractivity contribution is 7.90. The first-order valence-corrected chi connectivity index (χ1v) is 13.6. The summed E-state index contributed by atoms with van der Waals surface area (Å²) in [5.41, 5.74) is 7.28. The smallest absolute Gasteiger partial charge is 0.147 e. The van der Waals surface area contributed by atoms with Crippen molar-refractivity contribution in [2.24, 2.45) is 0 Å². The maximum Gasteiger partial charge on any atom is 0.147 e. The lowest BCUT2D eigenvalue weighted by atomic mass is 10.0. The van der Waals surface area contributed by atoms with Crippen molar-refractivity contribution in [3.05, 3.63) is 84.7 Å². The second-order valence-corrected chi connectivity index (χ2v) is 11.2. The zero-order valence-corrected chi connectivity index (χ0v) is 20.6. The Labute approximate surface area is 211 Å². The average Bonchev–Trinajstić information content (AvgIpc) is 3.51. The van der Waals surface area contributed by atoms with Crippen LogP contribution in [-0.2, 0) is 16.3 Å². The number of rotatable bonds is 6. The van der Waals surface area contributed by atoms with Crippen molar-refractivity contribution in [2.75, 3.05) is 12.0 Å². The molecule has 0 spiro atoms. The van der Waals surface area contributed by atoms with Gasteiger partial charge in [0.2, 0.25) is 0 Å². The highest BCUT2D eigenvalue weighted by atomic mass is 32.2. The molecule has 6 rings (SSSR count). The first kappa shape index (κ1) is 23.0. The fourth-order valence-corrected chi connectivity index (χ4v) is 5.03. The molecule has 0 amide bonds.